The molecule has 0 bridgehead atoms. The summed E-state index contributed by atoms with van der Waals surface area (Å²) in [6, 6.07) is 85.7. The van der Waals surface area contributed by atoms with Gasteiger partial charge in [-0.3, -0.25) is 0 Å². The Morgan fingerprint density at radius 2 is 0.736 bits per heavy atom. The molecule has 6 heteroatoms. The van der Waals surface area contributed by atoms with E-state index >= 15 is 0 Å². The fraction of sp³-hybridized carbons (Fsp3) is 0.192. The minimum atomic E-state index is -0.552. The number of anilines is 6. The molecular weight excluding hydrogens is 1330 g/mol. The van der Waals surface area contributed by atoms with Crippen molar-refractivity contribution in [1.29, 1.82) is 0 Å². The van der Waals surface area contributed by atoms with Crippen molar-refractivity contribution in [1.82, 2.24) is 9.13 Å². The Balaban J connectivity index is 1.05. The Morgan fingerprint density at radius 3 is 1.28 bits per heavy atom. The fourth-order valence-electron chi connectivity index (χ4n) is 17.3. The number of para-hydroxylation sites is 3. The maximum atomic E-state index is 9.96. The van der Waals surface area contributed by atoms with Crippen LogP contribution in [0, 0.1) is 0 Å². The van der Waals surface area contributed by atoms with Crippen molar-refractivity contribution in [3.63, 3.8) is 0 Å². The zero-order valence-corrected chi connectivity index (χ0v) is 65.4. The lowest BCUT2D eigenvalue weighted by molar-refractivity contribution is 0.569. The molecule has 0 saturated carbocycles. The molecule has 5 heterocycles. The molecule has 0 aliphatic carbocycles. The topological polar surface area (TPSA) is 29.5 Å². The molecule has 14 aromatic carbocycles. The van der Waals surface area contributed by atoms with Crippen molar-refractivity contribution < 1.29 is 15.4 Å². The van der Waals surface area contributed by atoms with Crippen LogP contribution in [0.3, 0.4) is 0 Å². The minimum absolute atomic E-state index is 0.000186. The maximum absolute atomic E-state index is 9.96. The molecule has 0 radical (unpaired) electrons. The third-order valence-corrected chi connectivity index (χ3v) is 23.3. The van der Waals surface area contributed by atoms with Crippen molar-refractivity contribution >= 4 is 123 Å². The van der Waals surface area contributed by atoms with Crippen LogP contribution in [-0.2, 0) is 27.1 Å². The van der Waals surface area contributed by atoms with Crippen LogP contribution >= 0.6 is 0 Å². The predicted molar refractivity (Wildman–Crippen MR) is 472 cm³/mol. The van der Waals surface area contributed by atoms with E-state index in [1.165, 1.54) is 27.8 Å². The number of aromatic nitrogens is 2. The zero-order chi connectivity index (χ0) is 82.8. The van der Waals surface area contributed by atoms with E-state index in [-0.39, 0.29) is 61.0 Å². The average Bonchev–Trinajstić information content (AvgIpc) is 0.988. The lowest BCUT2D eigenvalue weighted by Crippen LogP contribution is -2.61. The van der Waals surface area contributed by atoms with Gasteiger partial charge in [-0.25, -0.2) is 0 Å². The SMILES string of the molecule is [2H]c1c([2H])c([2H])c2c(c1[2H])c1c([2H])c([2H])c([2H])c([2H])c1n2-c1ccc2c(c1)N(c1cc(-c3ccccc3)cc3oc4ccccc4c13)c1cc(-n3c4ccc(C(C)(C)C)cc4c4cc(C(C)(C)C)ccc43)cc3c1B2c1ccc(-c2cc(C(C)(C)C)cc(C(C)(C)C)c2)cc1N3c1c(-c2ccccc2)cc(C(C)(C)C)cc1-c1ccccc1. The standard InChI is InChI=1S/C104H93BN4O/c1-100(2,3)70-44-49-88-82(57-70)83-58-71(101(4,5)6)45-50-89(83)107(88)76-62-93-98-94(63-76)109(99-80(65-33-21-17-22-34-65)59-74(104(13,14)15)60-81(99)66-35-23-18-24-36-66)90-53-67(68-51-72(102(7,8)9)56-73(52-68)103(10,11)12)43-47-84(90)105(98)85-48-46-75(106-86-40-28-25-37-77(86)78-38-26-29-41-87(78)106)61-91(85)108(93)92-54-69(64-31-19-16-20-32-64)55-96-97(92)79-39-27-30-42-95(79)110-96/h16-63H,1-15H3/i25D,26D,28D,29D,37D,38D,40D,41D. The van der Waals surface area contributed by atoms with Gasteiger partial charge in [0.2, 0.25) is 0 Å². The van der Waals surface area contributed by atoms with E-state index in [9.17, 15) is 8.22 Å². The van der Waals surface area contributed by atoms with Crippen LogP contribution in [0.5, 0.6) is 0 Å². The molecule has 2 aliphatic rings. The Hall–Kier alpha value is -11.9. The van der Waals surface area contributed by atoms with Crippen LogP contribution in [0.1, 0.15) is 143 Å². The fourth-order valence-corrected chi connectivity index (χ4v) is 17.3. The summed E-state index contributed by atoms with van der Waals surface area (Å²) < 4.78 is 87.7. The molecule has 3 aromatic heterocycles. The van der Waals surface area contributed by atoms with Crippen LogP contribution in [0.4, 0.5) is 34.1 Å². The molecule has 0 amide bonds. The smallest absolute Gasteiger partial charge is 0.252 e. The van der Waals surface area contributed by atoms with E-state index < -0.39 is 43.0 Å². The number of hydrogen-bond acceptors (Lipinski definition) is 3. The number of rotatable bonds is 8. The summed E-state index contributed by atoms with van der Waals surface area (Å²) in [6.07, 6.45) is 0. The molecule has 5 nitrogen and oxygen atoms in total. The molecule has 0 unspecified atom stereocenters. The molecule has 0 saturated heterocycles. The molecule has 2 aliphatic heterocycles. The number of hydrogen-bond donors (Lipinski definition) is 0. The molecule has 17 aromatic rings. The van der Waals surface area contributed by atoms with Crippen molar-refractivity contribution in [2.24, 2.45) is 0 Å². The van der Waals surface area contributed by atoms with Crippen LogP contribution in [0.15, 0.2) is 295 Å². The van der Waals surface area contributed by atoms with Gasteiger partial charge in [-0.2, -0.15) is 0 Å². The first kappa shape index (κ1) is 60.1. The summed E-state index contributed by atoms with van der Waals surface area (Å²) >= 11 is 0. The first-order valence-electron chi connectivity index (χ1n) is 42.7. The normalized spacial score (nSPS) is 14.4. The van der Waals surface area contributed by atoms with E-state index in [0.717, 1.165) is 133 Å². The first-order chi connectivity index (χ1) is 56.0. The number of nitrogens with zero attached hydrogens (tertiary/aromatic N) is 4. The van der Waals surface area contributed by atoms with Gasteiger partial charge in [0, 0.05) is 66.5 Å². The number of benzene rings is 14. The molecule has 0 N–H and O–H groups in total. The summed E-state index contributed by atoms with van der Waals surface area (Å²) in [5.74, 6) is 0. The van der Waals surface area contributed by atoms with E-state index in [2.05, 4.69) is 337 Å². The molecule has 0 spiro atoms. The van der Waals surface area contributed by atoms with Gasteiger partial charge in [0.15, 0.2) is 0 Å². The Labute approximate surface area is 659 Å². The van der Waals surface area contributed by atoms with E-state index in [1.807, 2.05) is 24.3 Å². The molecule has 0 atom stereocenters. The zero-order valence-electron chi connectivity index (χ0n) is 73.4. The monoisotopic (exact) mass is 1430 g/mol. The summed E-state index contributed by atoms with van der Waals surface area (Å²) in [5.41, 5.74) is 26.2. The highest BCUT2D eigenvalue weighted by atomic mass is 16.3. The van der Waals surface area contributed by atoms with Gasteiger partial charge in [0.05, 0.1) is 55.5 Å². The minimum Gasteiger partial charge on any atom is -0.456 e. The maximum Gasteiger partial charge on any atom is 0.252 e. The summed E-state index contributed by atoms with van der Waals surface area (Å²) in [7, 11) is 0. The van der Waals surface area contributed by atoms with Gasteiger partial charge in [0.1, 0.15) is 11.2 Å². The highest BCUT2D eigenvalue weighted by Crippen LogP contribution is 2.55. The van der Waals surface area contributed by atoms with Gasteiger partial charge in [-0.1, -0.05) is 298 Å². The Morgan fingerprint density at radius 1 is 0.291 bits per heavy atom. The van der Waals surface area contributed by atoms with Crippen LogP contribution < -0.4 is 26.2 Å². The van der Waals surface area contributed by atoms with Crippen molar-refractivity contribution in [3.05, 3.63) is 319 Å². The Kier molecular flexibility index (Phi) is 13.6. The second-order valence-electron chi connectivity index (χ2n) is 35.6. The lowest BCUT2D eigenvalue weighted by atomic mass is 9.33. The predicted octanol–water partition coefficient (Wildman–Crippen LogP) is 27.0. The van der Waals surface area contributed by atoms with Gasteiger partial charge in [0.25, 0.3) is 6.71 Å². The van der Waals surface area contributed by atoms with Crippen molar-refractivity contribution in [2.45, 2.75) is 131 Å². The van der Waals surface area contributed by atoms with Crippen molar-refractivity contribution in [2.75, 3.05) is 9.80 Å². The second kappa shape index (κ2) is 24.8. The van der Waals surface area contributed by atoms with Crippen LogP contribution in [0.25, 0.3) is 121 Å². The third-order valence-electron chi connectivity index (χ3n) is 23.3. The lowest BCUT2D eigenvalue weighted by Gasteiger charge is -2.45. The quantitative estimate of drug-likeness (QED) is 0.142. The van der Waals surface area contributed by atoms with Crippen molar-refractivity contribution in [3.8, 4) is 55.9 Å². The highest BCUT2D eigenvalue weighted by Gasteiger charge is 2.46. The van der Waals surface area contributed by atoms with E-state index in [1.54, 1.807) is 4.57 Å². The molecule has 0 fully saturated rings. The van der Waals surface area contributed by atoms with E-state index in [4.69, 9.17) is 7.16 Å². The van der Waals surface area contributed by atoms with Crippen LogP contribution in [-0.4, -0.2) is 15.8 Å². The summed E-state index contributed by atoms with van der Waals surface area (Å²) in [5, 5.41) is 4.00. The first-order valence-corrected chi connectivity index (χ1v) is 38.7. The molecular formula is C104H93BN4O. The summed E-state index contributed by atoms with van der Waals surface area (Å²) in [4.78, 5) is 5.04. The largest absolute Gasteiger partial charge is 0.456 e. The molecule has 110 heavy (non-hydrogen) atoms. The van der Waals surface area contributed by atoms with E-state index in [0.29, 0.717) is 16.9 Å². The average molecular weight is 1430 g/mol. The third kappa shape index (κ3) is 11.2. The van der Waals surface area contributed by atoms with Gasteiger partial charge < -0.3 is 23.4 Å². The highest BCUT2D eigenvalue weighted by molar-refractivity contribution is 7.00. The van der Waals surface area contributed by atoms with Gasteiger partial charge in [-0.15, -0.1) is 0 Å². The number of furan rings is 1. The van der Waals surface area contributed by atoms with Crippen LogP contribution in [0.2, 0.25) is 0 Å². The summed E-state index contributed by atoms with van der Waals surface area (Å²) in [6.45, 7) is 33.9. The van der Waals surface area contributed by atoms with Gasteiger partial charge in [-0.05, 0) is 202 Å². The van der Waals surface area contributed by atoms with Gasteiger partial charge >= 0.3 is 0 Å². The number of fused-ring (bicyclic) bond motifs is 13. The second-order valence-corrected chi connectivity index (χ2v) is 35.6. The Bertz CT molecular complexity index is 6880. The molecule has 19 rings (SSSR count). The molecule has 538 valence electrons.